The van der Waals surface area contributed by atoms with Crippen LogP contribution in [-0.2, 0) is 11.2 Å². The Bertz CT molecular complexity index is 640. The van der Waals surface area contributed by atoms with Gasteiger partial charge in [-0.2, -0.15) is 0 Å². The average molecular weight is 267 g/mol. The van der Waals surface area contributed by atoms with Crippen molar-refractivity contribution in [2.75, 3.05) is 5.32 Å². The zero-order chi connectivity index (χ0) is 12.0. The average Bonchev–Trinajstić information content (AvgIpc) is 2.31. The summed E-state index contributed by atoms with van der Waals surface area (Å²) >= 11 is 12.0. The minimum Gasteiger partial charge on any atom is -0.324 e. The number of nitrogens with one attached hydrogen (secondary N) is 1. The lowest BCUT2D eigenvalue weighted by Crippen LogP contribution is -2.20. The van der Waals surface area contributed by atoms with Gasteiger partial charge in [0.1, 0.15) is 0 Å². The summed E-state index contributed by atoms with van der Waals surface area (Å²) < 4.78 is 0. The summed E-state index contributed by atoms with van der Waals surface area (Å²) in [5, 5.41) is 5.58. The summed E-state index contributed by atoms with van der Waals surface area (Å²) in [5.41, 5.74) is 1.66. The van der Waals surface area contributed by atoms with Crippen LogP contribution in [0.4, 0.5) is 5.69 Å². The number of aryl methyl sites for hydroxylation is 1. The van der Waals surface area contributed by atoms with Gasteiger partial charge in [0.2, 0.25) is 5.91 Å². The Kier molecular flexibility index (Phi) is 2.45. The Hall–Kier alpha value is -1.32. The number of hydrogen-bond donors (Lipinski definition) is 1. The van der Waals surface area contributed by atoms with E-state index in [1.54, 1.807) is 18.3 Å². The topological polar surface area (TPSA) is 42.0 Å². The fraction of sp³-hybridized carbons (Fsp3) is 0.167. The third-order valence-electron chi connectivity index (χ3n) is 2.86. The summed E-state index contributed by atoms with van der Waals surface area (Å²) in [6, 6.07) is 3.53. The van der Waals surface area contributed by atoms with Gasteiger partial charge in [0, 0.05) is 29.8 Å². The maximum atomic E-state index is 11.4. The molecular weight excluding hydrogens is 259 g/mol. The van der Waals surface area contributed by atoms with Crippen molar-refractivity contribution in [3.8, 4) is 0 Å². The Morgan fingerprint density at radius 2 is 1.94 bits per heavy atom. The van der Waals surface area contributed by atoms with Gasteiger partial charge < -0.3 is 5.32 Å². The molecule has 86 valence electrons. The number of carbonyl (C=O) groups excluding carboxylic acids is 1. The fourth-order valence-corrected chi connectivity index (χ4v) is 2.35. The van der Waals surface area contributed by atoms with Crippen molar-refractivity contribution in [2.45, 2.75) is 12.8 Å². The molecule has 0 unspecified atom stereocenters. The van der Waals surface area contributed by atoms with Crippen LogP contribution >= 0.6 is 23.2 Å². The molecule has 1 aliphatic heterocycles. The number of aromatic nitrogens is 1. The molecule has 0 radical (unpaired) electrons. The van der Waals surface area contributed by atoms with Crippen LogP contribution in [0.3, 0.4) is 0 Å². The lowest BCUT2D eigenvalue weighted by molar-refractivity contribution is -0.116. The molecule has 1 aromatic carbocycles. The van der Waals surface area contributed by atoms with E-state index in [0.29, 0.717) is 22.9 Å². The van der Waals surface area contributed by atoms with Gasteiger partial charge in [0.15, 0.2) is 0 Å². The molecule has 17 heavy (non-hydrogen) atoms. The number of anilines is 1. The van der Waals surface area contributed by atoms with E-state index in [1.807, 2.05) is 0 Å². The first kappa shape index (κ1) is 10.8. The van der Waals surface area contributed by atoms with Crippen LogP contribution in [0.5, 0.6) is 0 Å². The van der Waals surface area contributed by atoms with E-state index in [4.69, 9.17) is 23.2 Å². The summed E-state index contributed by atoms with van der Waals surface area (Å²) in [6.07, 6.45) is 2.90. The second kappa shape index (κ2) is 3.86. The number of rotatable bonds is 0. The highest BCUT2D eigenvalue weighted by atomic mass is 35.5. The van der Waals surface area contributed by atoms with Gasteiger partial charge in [0.25, 0.3) is 0 Å². The molecule has 0 atom stereocenters. The van der Waals surface area contributed by atoms with Crippen LogP contribution in [-0.4, -0.2) is 10.9 Å². The van der Waals surface area contributed by atoms with E-state index >= 15 is 0 Å². The first-order chi connectivity index (χ1) is 8.15. The molecular formula is C12H8Cl2N2O. The number of carbonyl (C=O) groups is 1. The van der Waals surface area contributed by atoms with Gasteiger partial charge in [-0.25, -0.2) is 0 Å². The Morgan fingerprint density at radius 1 is 1.18 bits per heavy atom. The zero-order valence-electron chi connectivity index (χ0n) is 8.76. The predicted octanol–water partition coefficient (Wildman–Crippen LogP) is 3.43. The van der Waals surface area contributed by atoms with E-state index in [9.17, 15) is 4.79 Å². The third-order valence-corrected chi connectivity index (χ3v) is 3.59. The molecule has 0 aliphatic carbocycles. The van der Waals surface area contributed by atoms with Crippen LogP contribution in [0.1, 0.15) is 12.1 Å². The molecule has 5 heteroatoms. The van der Waals surface area contributed by atoms with Crippen molar-refractivity contribution in [1.82, 2.24) is 4.98 Å². The van der Waals surface area contributed by atoms with Gasteiger partial charge in [-0.05, 0) is 12.1 Å². The van der Waals surface area contributed by atoms with Gasteiger partial charge in [-0.15, -0.1) is 0 Å². The second-order valence-corrected chi connectivity index (χ2v) is 4.80. The zero-order valence-corrected chi connectivity index (χ0v) is 10.3. The Balaban J connectivity index is 2.33. The normalized spacial score (nSPS) is 14.6. The van der Waals surface area contributed by atoms with Crippen LogP contribution in [0.15, 0.2) is 18.3 Å². The molecule has 1 N–H and O–H groups in total. The number of fused-ring (bicyclic) bond motifs is 3. The van der Waals surface area contributed by atoms with E-state index in [1.165, 1.54) is 0 Å². The Labute approximate surface area is 108 Å². The monoisotopic (exact) mass is 266 g/mol. The van der Waals surface area contributed by atoms with Crippen molar-refractivity contribution < 1.29 is 4.79 Å². The van der Waals surface area contributed by atoms with Crippen LogP contribution in [0.2, 0.25) is 10.0 Å². The highest BCUT2D eigenvalue weighted by molar-refractivity contribution is 6.43. The van der Waals surface area contributed by atoms with Crippen molar-refractivity contribution in [1.29, 1.82) is 0 Å². The highest BCUT2D eigenvalue weighted by Gasteiger charge is 2.18. The summed E-state index contributed by atoms with van der Waals surface area (Å²) in [7, 11) is 0. The molecule has 1 aliphatic rings. The summed E-state index contributed by atoms with van der Waals surface area (Å²) in [6.45, 7) is 0. The molecule has 3 nitrogen and oxygen atoms in total. The van der Waals surface area contributed by atoms with Crippen molar-refractivity contribution in [3.63, 3.8) is 0 Å². The van der Waals surface area contributed by atoms with E-state index in [2.05, 4.69) is 10.3 Å². The van der Waals surface area contributed by atoms with Gasteiger partial charge in [-0.1, -0.05) is 23.2 Å². The van der Waals surface area contributed by atoms with Crippen molar-refractivity contribution in [3.05, 3.63) is 34.1 Å². The lowest BCUT2D eigenvalue weighted by atomic mass is 10.0. The number of hydrogen-bond acceptors (Lipinski definition) is 2. The van der Waals surface area contributed by atoms with Crippen LogP contribution in [0.25, 0.3) is 10.8 Å². The minimum atomic E-state index is 0.0119. The van der Waals surface area contributed by atoms with Crippen LogP contribution in [0, 0.1) is 0 Å². The smallest absolute Gasteiger partial charge is 0.224 e. The largest absolute Gasteiger partial charge is 0.324 e. The molecule has 1 aromatic heterocycles. The second-order valence-electron chi connectivity index (χ2n) is 3.98. The molecule has 0 saturated heterocycles. The SMILES string of the molecule is O=C1CCc2ncc3cc(Cl)c(Cl)cc3c2N1. The van der Waals surface area contributed by atoms with Gasteiger partial charge in [0.05, 0.1) is 21.4 Å². The summed E-state index contributed by atoms with van der Waals surface area (Å²) in [4.78, 5) is 15.8. The predicted molar refractivity (Wildman–Crippen MR) is 68.7 cm³/mol. The molecule has 3 rings (SSSR count). The van der Waals surface area contributed by atoms with E-state index < -0.39 is 0 Å². The van der Waals surface area contributed by atoms with E-state index in [0.717, 1.165) is 22.2 Å². The highest BCUT2D eigenvalue weighted by Crippen LogP contribution is 2.34. The molecule has 2 heterocycles. The fourth-order valence-electron chi connectivity index (χ4n) is 2.02. The molecule has 0 bridgehead atoms. The molecule has 0 spiro atoms. The maximum Gasteiger partial charge on any atom is 0.224 e. The number of benzene rings is 1. The quantitative estimate of drug-likeness (QED) is 0.794. The number of halogens is 2. The lowest BCUT2D eigenvalue weighted by Gasteiger charge is -2.18. The number of pyridine rings is 1. The molecule has 0 fully saturated rings. The Morgan fingerprint density at radius 3 is 2.76 bits per heavy atom. The molecule has 1 amide bonds. The number of nitrogens with zero attached hydrogens (tertiary/aromatic N) is 1. The summed E-state index contributed by atoms with van der Waals surface area (Å²) in [5.74, 6) is 0.0119. The first-order valence-electron chi connectivity index (χ1n) is 5.21. The maximum absolute atomic E-state index is 11.4. The van der Waals surface area contributed by atoms with E-state index in [-0.39, 0.29) is 5.91 Å². The number of amides is 1. The molecule has 0 saturated carbocycles. The minimum absolute atomic E-state index is 0.0119. The standard InChI is InChI=1S/C12H8Cl2N2O/c13-8-3-6-5-15-10-1-2-11(17)16-12(10)7(6)4-9(8)14/h3-5H,1-2H2,(H,16,17). The van der Waals surface area contributed by atoms with Gasteiger partial charge in [-0.3, -0.25) is 9.78 Å². The van der Waals surface area contributed by atoms with Crippen molar-refractivity contribution in [2.24, 2.45) is 0 Å². The first-order valence-corrected chi connectivity index (χ1v) is 5.97. The van der Waals surface area contributed by atoms with Gasteiger partial charge >= 0.3 is 0 Å². The molecule has 2 aromatic rings. The van der Waals surface area contributed by atoms with Crippen LogP contribution < -0.4 is 5.32 Å². The third kappa shape index (κ3) is 1.75. The van der Waals surface area contributed by atoms with Crippen molar-refractivity contribution >= 4 is 45.6 Å².